The minimum absolute atomic E-state index is 0.922. The van der Waals surface area contributed by atoms with E-state index in [0.29, 0.717) is 0 Å². The summed E-state index contributed by atoms with van der Waals surface area (Å²) in [5.41, 5.74) is 4.68. The second kappa shape index (κ2) is 11.4. The molecule has 0 N–H and O–H groups in total. The van der Waals surface area contributed by atoms with Gasteiger partial charge in [-0.1, -0.05) is 53.9 Å². The molecule has 0 atom stereocenters. The van der Waals surface area contributed by atoms with Gasteiger partial charge in [0.15, 0.2) is 0 Å². The maximum atomic E-state index is 4.37. The van der Waals surface area contributed by atoms with E-state index in [0.717, 1.165) is 44.1 Å². The lowest BCUT2D eigenvalue weighted by Crippen LogP contribution is -1.94. The van der Waals surface area contributed by atoms with E-state index in [1.807, 2.05) is 52.1 Å². The van der Waals surface area contributed by atoms with Crippen LogP contribution in [0.3, 0.4) is 0 Å². The number of hydrogen-bond donors (Lipinski definition) is 0. The summed E-state index contributed by atoms with van der Waals surface area (Å²) in [6, 6.07) is 18.5. The van der Waals surface area contributed by atoms with Crippen LogP contribution < -0.4 is 0 Å². The first kappa shape index (κ1) is 24.8. The highest BCUT2D eigenvalue weighted by atomic mass is 79.9. The fraction of sp³-hybridized carbons (Fsp3) is 0.192. The average molecular weight is 646 g/mol. The standard InChI is InChI=1S/2C9H9BrN2.C8H6BrN/c1-2-12-6-7-5-8(10)3-4-9(7)11-12;1-2-12-9-4-3-8(10)5-7(9)6-11-12;9-7-2-1-6-3-4-10-8(6)5-7/h2*3-6H,2H2,1H3;1-2,4-5H,3H2. The van der Waals surface area contributed by atoms with Gasteiger partial charge in [0.2, 0.25) is 0 Å². The highest BCUT2D eigenvalue weighted by molar-refractivity contribution is 9.11. The first-order chi connectivity index (χ1) is 16.5. The summed E-state index contributed by atoms with van der Waals surface area (Å²) >= 11 is 10.2. The number of rotatable bonds is 2. The predicted molar refractivity (Wildman–Crippen MR) is 152 cm³/mol. The normalized spacial score (nSPS) is 11.7. The smallest absolute Gasteiger partial charge is 0.0924 e. The van der Waals surface area contributed by atoms with Crippen LogP contribution in [0, 0.1) is 0 Å². The van der Waals surface area contributed by atoms with Gasteiger partial charge >= 0.3 is 0 Å². The Morgan fingerprint density at radius 1 is 0.824 bits per heavy atom. The summed E-state index contributed by atoms with van der Waals surface area (Å²) in [5, 5.41) is 11.0. The van der Waals surface area contributed by atoms with Gasteiger partial charge in [0, 0.05) is 56.1 Å². The fourth-order valence-electron chi connectivity index (χ4n) is 3.59. The van der Waals surface area contributed by atoms with Gasteiger partial charge < -0.3 is 0 Å². The van der Waals surface area contributed by atoms with Gasteiger partial charge in [0.05, 0.1) is 22.9 Å². The van der Waals surface area contributed by atoms with Crippen LogP contribution in [0.4, 0.5) is 5.69 Å². The lowest BCUT2D eigenvalue weighted by atomic mass is 10.2. The van der Waals surface area contributed by atoms with E-state index in [1.54, 1.807) is 0 Å². The van der Waals surface area contributed by atoms with Gasteiger partial charge in [-0.3, -0.25) is 14.4 Å². The Hall–Kier alpha value is -2.29. The molecule has 34 heavy (non-hydrogen) atoms. The number of halogens is 3. The molecule has 6 rings (SSSR count). The zero-order chi connectivity index (χ0) is 24.1. The molecule has 3 aromatic carbocycles. The van der Waals surface area contributed by atoms with Gasteiger partial charge in [0.25, 0.3) is 0 Å². The Balaban J connectivity index is 0.000000121. The third-order valence-electron chi connectivity index (χ3n) is 5.33. The monoisotopic (exact) mass is 643 g/mol. The molecule has 0 bridgehead atoms. The SMILES string of the molecule is Brc1ccc2c(c1)N=CC2.CCn1cc2cc(Br)ccc2n1.CCn1ncc2cc(Br)ccc21. The molecular weight excluding hydrogens is 622 g/mol. The molecule has 0 fully saturated rings. The van der Waals surface area contributed by atoms with Gasteiger partial charge in [-0.2, -0.15) is 10.2 Å². The molecule has 174 valence electrons. The predicted octanol–water partition coefficient (Wildman–Crippen LogP) is 8.34. The Morgan fingerprint density at radius 3 is 2.29 bits per heavy atom. The highest BCUT2D eigenvalue weighted by Gasteiger charge is 2.04. The summed E-state index contributed by atoms with van der Waals surface area (Å²) in [6.45, 7) is 6.02. The number of aliphatic imine (C=N–C) groups is 1. The maximum Gasteiger partial charge on any atom is 0.0924 e. The molecule has 0 amide bonds. The highest BCUT2D eigenvalue weighted by Crippen LogP contribution is 2.27. The third-order valence-corrected chi connectivity index (χ3v) is 6.81. The van der Waals surface area contributed by atoms with Crippen LogP contribution in [0.2, 0.25) is 0 Å². The second-order valence-corrected chi connectivity index (χ2v) is 10.4. The molecule has 5 nitrogen and oxygen atoms in total. The molecule has 5 aromatic rings. The van der Waals surface area contributed by atoms with Crippen LogP contribution >= 0.6 is 47.8 Å². The number of fused-ring (bicyclic) bond motifs is 3. The lowest BCUT2D eigenvalue weighted by molar-refractivity contribution is 0.668. The first-order valence-corrected chi connectivity index (χ1v) is 13.4. The molecule has 2 aromatic heterocycles. The van der Waals surface area contributed by atoms with Crippen molar-refractivity contribution in [3.8, 4) is 0 Å². The average Bonchev–Trinajstić information content (AvgIpc) is 3.56. The maximum absolute atomic E-state index is 4.37. The molecule has 3 heterocycles. The molecule has 0 saturated heterocycles. The van der Waals surface area contributed by atoms with E-state index in [-0.39, 0.29) is 0 Å². The molecule has 0 aliphatic carbocycles. The zero-order valence-corrected chi connectivity index (χ0v) is 23.7. The van der Waals surface area contributed by atoms with Crippen molar-refractivity contribution in [2.24, 2.45) is 4.99 Å². The molecule has 0 radical (unpaired) electrons. The quantitative estimate of drug-likeness (QED) is 0.194. The van der Waals surface area contributed by atoms with Crippen LogP contribution in [0.15, 0.2) is 85.4 Å². The largest absolute Gasteiger partial charge is 0.272 e. The first-order valence-electron chi connectivity index (χ1n) is 11.0. The minimum atomic E-state index is 0.922. The fourth-order valence-corrected chi connectivity index (χ4v) is 4.70. The van der Waals surface area contributed by atoms with Crippen molar-refractivity contribution in [1.29, 1.82) is 0 Å². The molecule has 1 aliphatic rings. The summed E-state index contributed by atoms with van der Waals surface area (Å²) < 4.78 is 7.24. The number of benzene rings is 3. The minimum Gasteiger partial charge on any atom is -0.272 e. The van der Waals surface area contributed by atoms with E-state index in [4.69, 9.17) is 0 Å². The summed E-state index contributed by atoms with van der Waals surface area (Å²) in [4.78, 5) is 4.21. The Morgan fingerprint density at radius 2 is 1.53 bits per heavy atom. The van der Waals surface area contributed by atoms with Crippen molar-refractivity contribution in [2.45, 2.75) is 33.4 Å². The van der Waals surface area contributed by atoms with Gasteiger partial charge in [0.1, 0.15) is 0 Å². The Labute approximate surface area is 224 Å². The van der Waals surface area contributed by atoms with Gasteiger partial charge in [-0.15, -0.1) is 0 Å². The van der Waals surface area contributed by atoms with Crippen molar-refractivity contribution in [3.63, 3.8) is 0 Å². The number of nitrogens with zero attached hydrogens (tertiary/aromatic N) is 5. The second-order valence-electron chi connectivity index (χ2n) is 7.64. The molecule has 0 spiro atoms. The van der Waals surface area contributed by atoms with Crippen LogP contribution in [0.25, 0.3) is 21.8 Å². The molecule has 0 saturated carbocycles. The van der Waals surface area contributed by atoms with Crippen LogP contribution in [0.5, 0.6) is 0 Å². The van der Waals surface area contributed by atoms with Crippen LogP contribution in [0.1, 0.15) is 19.4 Å². The van der Waals surface area contributed by atoms with Crippen molar-refractivity contribution < 1.29 is 0 Å². The number of aryl methyl sites for hydroxylation is 2. The summed E-state index contributed by atoms with van der Waals surface area (Å²) in [5.74, 6) is 0. The molecule has 1 aliphatic heterocycles. The zero-order valence-electron chi connectivity index (χ0n) is 18.9. The van der Waals surface area contributed by atoms with E-state index in [2.05, 4.69) is 107 Å². The van der Waals surface area contributed by atoms with E-state index in [1.165, 1.54) is 21.9 Å². The topological polar surface area (TPSA) is 48.0 Å². The molecule has 8 heteroatoms. The van der Waals surface area contributed by atoms with Crippen molar-refractivity contribution in [1.82, 2.24) is 19.6 Å². The van der Waals surface area contributed by atoms with Gasteiger partial charge in [-0.25, -0.2) is 0 Å². The van der Waals surface area contributed by atoms with E-state index in [9.17, 15) is 0 Å². The van der Waals surface area contributed by atoms with Crippen molar-refractivity contribution in [3.05, 3.63) is 86.0 Å². The number of hydrogen-bond acceptors (Lipinski definition) is 3. The lowest BCUT2D eigenvalue weighted by Gasteiger charge is -1.97. The number of aromatic nitrogens is 4. The van der Waals surface area contributed by atoms with Crippen LogP contribution in [-0.2, 0) is 19.5 Å². The Bertz CT molecular complexity index is 1440. The summed E-state index contributed by atoms with van der Waals surface area (Å²) in [7, 11) is 0. The van der Waals surface area contributed by atoms with Crippen molar-refractivity contribution in [2.75, 3.05) is 0 Å². The van der Waals surface area contributed by atoms with Gasteiger partial charge in [-0.05, 0) is 67.9 Å². The van der Waals surface area contributed by atoms with Crippen molar-refractivity contribution >= 4 is 81.5 Å². The third kappa shape index (κ3) is 6.03. The summed E-state index contributed by atoms with van der Waals surface area (Å²) in [6.07, 6.45) is 6.88. The van der Waals surface area contributed by atoms with E-state index < -0.39 is 0 Å². The molecule has 0 unspecified atom stereocenters. The van der Waals surface area contributed by atoms with E-state index >= 15 is 0 Å². The Kier molecular flexibility index (Phi) is 8.34. The molecular formula is C26H24Br3N5. The van der Waals surface area contributed by atoms with Crippen LogP contribution in [-0.4, -0.2) is 25.8 Å².